The third kappa shape index (κ3) is 9.78. The van der Waals surface area contributed by atoms with Crippen molar-refractivity contribution >= 4 is 11.9 Å². The number of carbonyl (C=O) groups is 2. The lowest BCUT2D eigenvalue weighted by Crippen LogP contribution is -3.00. The summed E-state index contributed by atoms with van der Waals surface area (Å²) in [6.07, 6.45) is 0. The van der Waals surface area contributed by atoms with Crippen molar-refractivity contribution in [3.8, 4) is 0 Å². The van der Waals surface area contributed by atoms with Crippen molar-refractivity contribution in [3.05, 3.63) is 35.4 Å². The fourth-order valence-electron chi connectivity index (χ4n) is 2.79. The van der Waals surface area contributed by atoms with Gasteiger partial charge in [-0.15, -0.1) is 0 Å². The summed E-state index contributed by atoms with van der Waals surface area (Å²) in [6, 6.07) is 6.69. The summed E-state index contributed by atoms with van der Waals surface area (Å²) in [5.41, 5.74) is 0.524. The number of quaternary nitrogens is 2. The Labute approximate surface area is 216 Å². The van der Waals surface area contributed by atoms with Crippen molar-refractivity contribution in [2.75, 3.05) is 66.6 Å². The zero-order chi connectivity index (χ0) is 21.2. The van der Waals surface area contributed by atoms with Crippen LogP contribution < -0.4 is 48.0 Å². The minimum absolute atomic E-state index is 0. The van der Waals surface area contributed by atoms with Crippen LogP contribution in [-0.2, 0) is 9.47 Å². The smallest absolute Gasteiger partial charge is 0.339 e. The van der Waals surface area contributed by atoms with Gasteiger partial charge in [0.05, 0.1) is 51.4 Å². The van der Waals surface area contributed by atoms with Gasteiger partial charge in [-0.3, -0.25) is 0 Å². The van der Waals surface area contributed by atoms with E-state index in [0.29, 0.717) is 13.2 Å². The molecule has 1 rings (SSSR count). The van der Waals surface area contributed by atoms with Crippen molar-refractivity contribution in [2.45, 2.75) is 27.7 Å². The summed E-state index contributed by atoms with van der Waals surface area (Å²) in [6.45, 7) is 14.5. The third-order valence-corrected chi connectivity index (χ3v) is 6.15. The molecule has 0 aliphatic heterocycles. The van der Waals surface area contributed by atoms with E-state index in [-0.39, 0.29) is 59.1 Å². The largest absolute Gasteiger partial charge is 1.00 e. The van der Waals surface area contributed by atoms with Crippen LogP contribution in [0.4, 0.5) is 0 Å². The van der Waals surface area contributed by atoms with E-state index >= 15 is 0 Å². The number of carbonyl (C=O) groups excluding carboxylic acids is 2. The molecule has 8 heteroatoms. The summed E-state index contributed by atoms with van der Waals surface area (Å²) in [5, 5.41) is 0. The second-order valence-electron chi connectivity index (χ2n) is 7.77. The maximum absolute atomic E-state index is 12.5. The average molecular weight is 648 g/mol. The van der Waals surface area contributed by atoms with Crippen molar-refractivity contribution in [2.24, 2.45) is 0 Å². The SMILES string of the molecule is CC[N+](C)(CC)CCOC(=O)c1ccccc1C(=O)OCC[N+](C)(CC)CC.[I-].[I-]. The molecule has 0 spiro atoms. The lowest BCUT2D eigenvalue weighted by atomic mass is 10.1. The van der Waals surface area contributed by atoms with E-state index < -0.39 is 11.9 Å². The van der Waals surface area contributed by atoms with Crippen molar-refractivity contribution in [1.82, 2.24) is 0 Å². The standard InChI is InChI=1S/C22H38N2O4.2HI/c1-7-23(5,8-2)15-17-27-21(25)19-13-11-12-14-20(19)22(26)28-18-16-24(6,9-3)10-4;;/h11-14H,7-10,15-18H2,1-6H3;2*1H/q+2;;/p-2. The minimum atomic E-state index is -0.478. The Morgan fingerprint density at radius 3 is 1.27 bits per heavy atom. The van der Waals surface area contributed by atoms with Gasteiger partial charge in [-0.1, -0.05) is 12.1 Å². The molecule has 0 atom stereocenters. The molecule has 174 valence electrons. The zero-order valence-corrected chi connectivity index (χ0v) is 23.6. The van der Waals surface area contributed by atoms with Gasteiger partial charge in [-0.2, -0.15) is 0 Å². The summed E-state index contributed by atoms with van der Waals surface area (Å²) >= 11 is 0. The summed E-state index contributed by atoms with van der Waals surface area (Å²) in [7, 11) is 4.27. The first-order chi connectivity index (χ1) is 13.2. The quantitative estimate of drug-likeness (QED) is 0.138. The molecule has 0 amide bonds. The predicted octanol–water partition coefficient (Wildman–Crippen LogP) is -3.02. The number of likely N-dealkylation sites (N-methyl/N-ethyl adjacent to an activating group) is 2. The van der Waals surface area contributed by atoms with Crippen LogP contribution in [0.25, 0.3) is 0 Å². The molecule has 0 saturated heterocycles. The predicted molar refractivity (Wildman–Crippen MR) is 111 cm³/mol. The van der Waals surface area contributed by atoms with Gasteiger partial charge in [-0.05, 0) is 39.8 Å². The Morgan fingerprint density at radius 2 is 1.00 bits per heavy atom. The Balaban J connectivity index is 0. The number of esters is 2. The molecule has 30 heavy (non-hydrogen) atoms. The molecular weight excluding hydrogens is 610 g/mol. The van der Waals surface area contributed by atoms with Gasteiger partial charge in [0.15, 0.2) is 0 Å². The second-order valence-corrected chi connectivity index (χ2v) is 7.77. The average Bonchev–Trinajstić information content (AvgIpc) is 2.73. The van der Waals surface area contributed by atoms with E-state index in [2.05, 4.69) is 41.8 Å². The maximum atomic E-state index is 12.5. The molecule has 0 saturated carbocycles. The van der Waals surface area contributed by atoms with Gasteiger partial charge in [0.25, 0.3) is 0 Å². The van der Waals surface area contributed by atoms with Crippen LogP contribution >= 0.6 is 0 Å². The number of rotatable bonds is 12. The highest BCUT2D eigenvalue weighted by atomic mass is 127. The van der Waals surface area contributed by atoms with Crippen LogP contribution in [0, 0.1) is 0 Å². The van der Waals surface area contributed by atoms with Gasteiger partial charge in [-0.25, -0.2) is 9.59 Å². The number of ether oxygens (including phenoxy) is 2. The molecule has 0 aliphatic rings. The first kappa shape index (κ1) is 31.7. The highest BCUT2D eigenvalue weighted by molar-refractivity contribution is 6.03. The van der Waals surface area contributed by atoms with Gasteiger partial charge in [0.2, 0.25) is 0 Å². The molecular formula is C22H38I2N2O4. The van der Waals surface area contributed by atoms with E-state index in [9.17, 15) is 9.59 Å². The monoisotopic (exact) mass is 648 g/mol. The van der Waals surface area contributed by atoms with Gasteiger partial charge in [0.1, 0.15) is 26.3 Å². The number of halogens is 2. The Bertz CT molecular complexity index is 593. The van der Waals surface area contributed by atoms with Crippen LogP contribution in [-0.4, -0.2) is 87.5 Å². The van der Waals surface area contributed by atoms with Crippen LogP contribution in [0.1, 0.15) is 48.4 Å². The Kier molecular flexibility index (Phi) is 16.2. The van der Waals surface area contributed by atoms with Crippen molar-refractivity contribution in [3.63, 3.8) is 0 Å². The Hall–Kier alpha value is -0.460. The van der Waals surface area contributed by atoms with Gasteiger partial charge >= 0.3 is 11.9 Å². The molecule has 0 radical (unpaired) electrons. The summed E-state index contributed by atoms with van der Waals surface area (Å²) in [4.78, 5) is 25.0. The minimum Gasteiger partial charge on any atom is -1.00 e. The lowest BCUT2D eigenvalue weighted by Gasteiger charge is -2.31. The van der Waals surface area contributed by atoms with Crippen LogP contribution in [0.3, 0.4) is 0 Å². The molecule has 1 aromatic carbocycles. The van der Waals surface area contributed by atoms with E-state index in [0.717, 1.165) is 48.2 Å². The van der Waals surface area contributed by atoms with Crippen molar-refractivity contribution in [1.29, 1.82) is 0 Å². The van der Waals surface area contributed by atoms with E-state index in [1.54, 1.807) is 24.3 Å². The highest BCUT2D eigenvalue weighted by Gasteiger charge is 2.22. The highest BCUT2D eigenvalue weighted by Crippen LogP contribution is 2.13. The topological polar surface area (TPSA) is 52.6 Å². The van der Waals surface area contributed by atoms with Crippen LogP contribution in [0.2, 0.25) is 0 Å². The first-order valence-corrected chi connectivity index (χ1v) is 10.3. The van der Waals surface area contributed by atoms with Crippen LogP contribution in [0.5, 0.6) is 0 Å². The lowest BCUT2D eigenvalue weighted by molar-refractivity contribution is -0.906. The fourth-order valence-corrected chi connectivity index (χ4v) is 2.79. The Morgan fingerprint density at radius 1 is 0.700 bits per heavy atom. The first-order valence-electron chi connectivity index (χ1n) is 10.3. The fraction of sp³-hybridized carbons (Fsp3) is 0.636. The van der Waals surface area contributed by atoms with Crippen molar-refractivity contribution < 1.29 is 76.0 Å². The number of benzene rings is 1. The summed E-state index contributed by atoms with van der Waals surface area (Å²) < 4.78 is 12.6. The van der Waals surface area contributed by atoms with E-state index in [4.69, 9.17) is 9.47 Å². The molecule has 0 aromatic heterocycles. The molecule has 1 aromatic rings. The van der Waals surface area contributed by atoms with Gasteiger partial charge in [0, 0.05) is 0 Å². The molecule has 0 heterocycles. The molecule has 0 aliphatic carbocycles. The zero-order valence-electron chi connectivity index (χ0n) is 19.2. The van der Waals surface area contributed by atoms with Gasteiger partial charge < -0.3 is 66.4 Å². The normalized spacial score (nSPS) is 11.1. The molecule has 0 fully saturated rings. The van der Waals surface area contributed by atoms with E-state index in [1.165, 1.54) is 0 Å². The second kappa shape index (κ2) is 15.4. The van der Waals surface area contributed by atoms with Crippen LogP contribution in [0.15, 0.2) is 24.3 Å². The number of hydrogen-bond acceptors (Lipinski definition) is 4. The molecule has 0 bridgehead atoms. The number of hydrogen-bond donors (Lipinski definition) is 0. The molecule has 6 nitrogen and oxygen atoms in total. The third-order valence-electron chi connectivity index (χ3n) is 6.15. The van der Waals surface area contributed by atoms with E-state index in [1.807, 2.05) is 0 Å². The maximum Gasteiger partial charge on any atom is 0.339 e. The summed E-state index contributed by atoms with van der Waals surface area (Å²) in [5.74, 6) is -0.955. The molecule has 0 unspecified atom stereocenters. The number of nitrogens with zero attached hydrogens (tertiary/aromatic N) is 2. The molecule has 0 N–H and O–H groups in total.